The van der Waals surface area contributed by atoms with Gasteiger partial charge < -0.3 is 25.6 Å². The van der Waals surface area contributed by atoms with Gasteiger partial charge in [-0.15, -0.1) is 0 Å². The fourth-order valence-electron chi connectivity index (χ4n) is 1.82. The van der Waals surface area contributed by atoms with Crippen molar-refractivity contribution in [2.24, 2.45) is 5.92 Å². The Morgan fingerprint density at radius 3 is 2.04 bits per heavy atom. The van der Waals surface area contributed by atoms with Crippen LogP contribution in [-0.4, -0.2) is 53.5 Å². The van der Waals surface area contributed by atoms with E-state index in [0.29, 0.717) is 12.7 Å². The number of aldehydes is 1. The third-order valence-corrected chi connectivity index (χ3v) is 3.11. The Balaban J connectivity index is 0. The average Bonchev–Trinajstić information content (AvgIpc) is 2.66. The number of aliphatic hydroxyl groups is 1. The highest BCUT2D eigenvalue weighted by molar-refractivity contribution is 5.87. The zero-order valence-electron chi connectivity index (χ0n) is 16.3. The number of halogens is 1. The second-order valence-corrected chi connectivity index (χ2v) is 5.77. The van der Waals surface area contributed by atoms with Crippen molar-refractivity contribution in [3.8, 4) is 0 Å². The number of rotatable bonds is 9. The van der Waals surface area contributed by atoms with Crippen LogP contribution in [-0.2, 0) is 25.8 Å². The number of carbonyl (C=O) groups excluding carboxylic acids is 3. The number of hydrogen-bond acceptors (Lipinski definition) is 5. The first-order valence-corrected chi connectivity index (χ1v) is 8.65. The lowest BCUT2D eigenvalue weighted by Gasteiger charge is -2.21. The molecule has 1 aromatic carbocycles. The topological polar surface area (TPSA) is 133 Å². The molecule has 1 rings (SSSR count). The molecule has 1 aromatic rings. The Bertz CT molecular complexity index is 569. The number of alkyl halides is 1. The summed E-state index contributed by atoms with van der Waals surface area (Å²) in [5.74, 6) is -1.94. The maximum Gasteiger partial charge on any atom is 0.305 e. The number of nitrogens with one attached hydrogen (secondary N) is 2. The monoisotopic (exact) mass is 400 g/mol. The summed E-state index contributed by atoms with van der Waals surface area (Å²) in [7, 11) is 0. The summed E-state index contributed by atoms with van der Waals surface area (Å²) < 4.78 is 10.3. The highest BCUT2D eigenvalue weighted by Crippen LogP contribution is 2.02. The molecule has 9 heteroatoms. The van der Waals surface area contributed by atoms with Gasteiger partial charge in [0.25, 0.3) is 0 Å². The number of aliphatic hydroxyl groups excluding tert-OH is 1. The Morgan fingerprint density at radius 2 is 1.71 bits per heavy atom. The zero-order valence-corrected chi connectivity index (χ0v) is 16.3. The van der Waals surface area contributed by atoms with E-state index in [0.717, 1.165) is 5.56 Å². The number of aliphatic carboxylic acids is 1. The normalized spacial score (nSPS) is 11.5. The summed E-state index contributed by atoms with van der Waals surface area (Å²) in [5, 5.41) is 21.6. The van der Waals surface area contributed by atoms with Crippen molar-refractivity contribution < 1.29 is 33.8 Å². The molecule has 2 amide bonds. The molecule has 8 nitrogen and oxygen atoms in total. The van der Waals surface area contributed by atoms with Gasteiger partial charge in [-0.25, -0.2) is 0 Å². The van der Waals surface area contributed by atoms with Crippen LogP contribution in [0.1, 0.15) is 32.8 Å². The third kappa shape index (κ3) is 14.4. The van der Waals surface area contributed by atoms with E-state index in [9.17, 15) is 23.6 Å². The van der Waals surface area contributed by atoms with Crippen molar-refractivity contribution >= 4 is 24.6 Å². The maximum absolute atomic E-state index is 11.6. The fourth-order valence-corrected chi connectivity index (χ4v) is 1.82. The number of hydrogen-bond donors (Lipinski definition) is 4. The van der Waals surface area contributed by atoms with Crippen LogP contribution in [0.15, 0.2) is 30.3 Å². The Morgan fingerprint density at radius 1 is 1.18 bits per heavy atom. The van der Waals surface area contributed by atoms with Crippen LogP contribution < -0.4 is 10.6 Å². The van der Waals surface area contributed by atoms with Crippen LogP contribution >= 0.6 is 0 Å². The lowest BCUT2D eigenvalue weighted by Crippen LogP contribution is -2.50. The standard InChI is InChI=1S/C10H16N2O5.C7H8O.C2H5F/c1-6(2)9(11-5-14)10(17)12-7(4-13)3-8(15)16;8-6-7-4-2-1-3-5-7;1-2-3/h4-7,9H,3H2,1-2H3,(H,11,14)(H,12,17)(H,15,16);1-5,8H,6H2;2H2,1H3/t7?,9-;;/m0../s1. The van der Waals surface area contributed by atoms with E-state index < -0.39 is 30.4 Å². The molecule has 0 saturated carbocycles. The van der Waals surface area contributed by atoms with Gasteiger partial charge in [0.05, 0.1) is 25.7 Å². The Labute approximate surface area is 164 Å². The van der Waals surface area contributed by atoms with Crippen molar-refractivity contribution in [3.05, 3.63) is 35.9 Å². The minimum absolute atomic E-state index is 0.140. The molecule has 0 aliphatic carbocycles. The molecular formula is C19H29FN2O6. The Hall–Kier alpha value is -2.81. The van der Waals surface area contributed by atoms with Crippen molar-refractivity contribution in [2.75, 3.05) is 6.67 Å². The van der Waals surface area contributed by atoms with E-state index in [1.54, 1.807) is 13.8 Å². The smallest absolute Gasteiger partial charge is 0.305 e. The predicted octanol–water partition coefficient (Wildman–Crippen LogP) is 1.07. The van der Waals surface area contributed by atoms with Gasteiger partial charge in [-0.2, -0.15) is 0 Å². The Kier molecular flexibility index (Phi) is 17.2. The molecule has 2 atom stereocenters. The van der Waals surface area contributed by atoms with E-state index in [1.807, 2.05) is 30.3 Å². The summed E-state index contributed by atoms with van der Waals surface area (Å²) >= 11 is 0. The number of benzene rings is 1. The molecule has 4 N–H and O–H groups in total. The average molecular weight is 400 g/mol. The summed E-state index contributed by atoms with van der Waals surface area (Å²) in [6, 6.07) is 7.65. The van der Waals surface area contributed by atoms with Gasteiger partial charge in [0.1, 0.15) is 12.3 Å². The van der Waals surface area contributed by atoms with Crippen molar-refractivity contribution in [2.45, 2.75) is 45.9 Å². The zero-order chi connectivity index (χ0) is 21.9. The SMILES string of the molecule is CC(C)[C@H](NC=O)C(=O)NC(C=O)CC(=O)O.CCF.OCc1ccccc1. The van der Waals surface area contributed by atoms with E-state index in [-0.39, 0.29) is 19.2 Å². The van der Waals surface area contributed by atoms with Crippen molar-refractivity contribution in [3.63, 3.8) is 0 Å². The number of carboxylic acid groups (broad SMARTS) is 1. The third-order valence-electron chi connectivity index (χ3n) is 3.11. The number of carboxylic acids is 1. The summed E-state index contributed by atoms with van der Waals surface area (Å²) in [6.07, 6.45) is 0.253. The maximum atomic E-state index is 11.6. The van der Waals surface area contributed by atoms with Crippen LogP contribution in [0.25, 0.3) is 0 Å². The van der Waals surface area contributed by atoms with Crippen molar-refractivity contribution in [1.82, 2.24) is 10.6 Å². The summed E-state index contributed by atoms with van der Waals surface area (Å²) in [4.78, 5) is 42.9. The van der Waals surface area contributed by atoms with Gasteiger partial charge in [0.15, 0.2) is 0 Å². The van der Waals surface area contributed by atoms with E-state index in [4.69, 9.17) is 10.2 Å². The van der Waals surface area contributed by atoms with E-state index in [1.165, 1.54) is 6.92 Å². The quantitative estimate of drug-likeness (QED) is 0.458. The first kappa shape index (κ1) is 27.4. The predicted molar refractivity (Wildman–Crippen MR) is 102 cm³/mol. The number of carbonyl (C=O) groups is 4. The minimum Gasteiger partial charge on any atom is -0.481 e. The lowest BCUT2D eigenvalue weighted by molar-refractivity contribution is -0.139. The van der Waals surface area contributed by atoms with Crippen LogP contribution in [0.2, 0.25) is 0 Å². The minimum atomic E-state index is -1.19. The molecule has 0 aliphatic rings. The molecule has 0 aromatic heterocycles. The summed E-state index contributed by atoms with van der Waals surface area (Å²) in [5.41, 5.74) is 0.965. The molecule has 0 radical (unpaired) electrons. The largest absolute Gasteiger partial charge is 0.481 e. The molecule has 0 bridgehead atoms. The van der Waals surface area contributed by atoms with Crippen molar-refractivity contribution in [1.29, 1.82) is 0 Å². The first-order valence-electron chi connectivity index (χ1n) is 8.65. The molecule has 1 unspecified atom stereocenters. The molecule has 28 heavy (non-hydrogen) atoms. The van der Waals surface area contributed by atoms with Gasteiger partial charge >= 0.3 is 5.97 Å². The first-order chi connectivity index (χ1) is 13.3. The molecular weight excluding hydrogens is 371 g/mol. The van der Waals surface area contributed by atoms with Crippen LogP contribution in [0.3, 0.4) is 0 Å². The highest BCUT2D eigenvalue weighted by atomic mass is 19.1. The van der Waals surface area contributed by atoms with Gasteiger partial charge in [-0.3, -0.25) is 18.8 Å². The molecule has 158 valence electrons. The second-order valence-electron chi connectivity index (χ2n) is 5.77. The molecule has 0 heterocycles. The highest BCUT2D eigenvalue weighted by Gasteiger charge is 2.24. The van der Waals surface area contributed by atoms with Gasteiger partial charge in [0, 0.05) is 0 Å². The van der Waals surface area contributed by atoms with E-state index >= 15 is 0 Å². The van der Waals surface area contributed by atoms with E-state index in [2.05, 4.69) is 10.6 Å². The van der Waals surface area contributed by atoms with Gasteiger partial charge in [-0.05, 0) is 18.4 Å². The summed E-state index contributed by atoms with van der Waals surface area (Å²) in [6.45, 7) is 4.78. The van der Waals surface area contributed by atoms with Crippen LogP contribution in [0.4, 0.5) is 4.39 Å². The number of amides is 2. The molecule has 0 saturated heterocycles. The fraction of sp³-hybridized carbons (Fsp3) is 0.474. The molecule has 0 spiro atoms. The van der Waals surface area contributed by atoms with Crippen LogP contribution in [0.5, 0.6) is 0 Å². The van der Waals surface area contributed by atoms with Gasteiger partial charge in [-0.1, -0.05) is 44.2 Å². The lowest BCUT2D eigenvalue weighted by atomic mass is 10.0. The molecule has 0 fully saturated rings. The van der Waals surface area contributed by atoms with Crippen LogP contribution in [0, 0.1) is 5.92 Å². The molecule has 0 aliphatic heterocycles. The van der Waals surface area contributed by atoms with Gasteiger partial charge in [0.2, 0.25) is 12.3 Å². The second kappa shape index (κ2) is 17.6.